The number of sulfonamides is 1. The maximum Gasteiger partial charge on any atom is 0.322 e. The fourth-order valence-electron chi connectivity index (χ4n) is 4.42. The van der Waals surface area contributed by atoms with Gasteiger partial charge in [-0.25, -0.2) is 17.9 Å². The number of nitrogens with zero attached hydrogens (tertiary/aromatic N) is 2. The Morgan fingerprint density at radius 3 is 2.58 bits per heavy atom. The molecule has 0 bridgehead atoms. The predicted octanol–water partition coefficient (Wildman–Crippen LogP) is 1.25. The van der Waals surface area contributed by atoms with Crippen molar-refractivity contribution in [3.05, 3.63) is 0 Å². The molecular formula is C16H27N3O4S. The van der Waals surface area contributed by atoms with E-state index in [1.54, 1.807) is 4.90 Å². The first-order valence-corrected chi connectivity index (χ1v) is 10.5. The standard InChI is InChI=1S/C16H27N3O4S/c1-16(7-8-16)17-24(21,22)11-5-6-12-13(10-11)19(15(20)18(12)2)14-4-3-9-23-14/h11-14,17H,3-10H2,1-2H3. The summed E-state index contributed by atoms with van der Waals surface area (Å²) in [6, 6.07) is 0.0228. The van der Waals surface area contributed by atoms with Gasteiger partial charge in [0.15, 0.2) is 0 Å². The number of fused-ring (bicyclic) bond motifs is 1. The number of nitrogens with one attached hydrogen (secondary N) is 1. The highest BCUT2D eigenvalue weighted by atomic mass is 32.2. The fraction of sp³-hybridized carbons (Fsp3) is 0.938. The zero-order valence-corrected chi connectivity index (χ0v) is 15.2. The van der Waals surface area contributed by atoms with Crippen LogP contribution < -0.4 is 4.72 Å². The van der Waals surface area contributed by atoms with Crippen LogP contribution in [0.5, 0.6) is 0 Å². The summed E-state index contributed by atoms with van der Waals surface area (Å²) in [7, 11) is -1.52. The SMILES string of the molecule is CN1C(=O)N(C2CCCO2)C2CC(S(=O)(=O)NC3(C)CC3)CCC21. The van der Waals surface area contributed by atoms with Gasteiger partial charge in [-0.3, -0.25) is 4.90 Å². The molecule has 0 radical (unpaired) electrons. The Bertz CT molecular complexity index is 627. The van der Waals surface area contributed by atoms with Gasteiger partial charge in [0.25, 0.3) is 0 Å². The average molecular weight is 357 g/mol. The number of urea groups is 1. The van der Waals surface area contributed by atoms with Crippen LogP contribution in [0.3, 0.4) is 0 Å². The number of hydrogen-bond acceptors (Lipinski definition) is 4. The second-order valence-electron chi connectivity index (χ2n) is 8.05. The molecule has 4 rings (SSSR count). The normalized spacial score (nSPS) is 38.5. The lowest BCUT2D eigenvalue weighted by Crippen LogP contribution is -2.51. The summed E-state index contributed by atoms with van der Waals surface area (Å²) in [5.41, 5.74) is -0.244. The molecule has 2 saturated heterocycles. The van der Waals surface area contributed by atoms with E-state index < -0.39 is 15.3 Å². The molecule has 7 nitrogen and oxygen atoms in total. The smallest absolute Gasteiger partial charge is 0.322 e. The Balaban J connectivity index is 1.53. The van der Waals surface area contributed by atoms with Crippen LogP contribution in [0.25, 0.3) is 0 Å². The van der Waals surface area contributed by atoms with Gasteiger partial charge in [-0.05, 0) is 51.9 Å². The van der Waals surface area contributed by atoms with Crippen LogP contribution in [0.4, 0.5) is 4.79 Å². The van der Waals surface area contributed by atoms with Gasteiger partial charge in [0, 0.05) is 19.2 Å². The van der Waals surface area contributed by atoms with Crippen molar-refractivity contribution in [2.24, 2.45) is 0 Å². The molecule has 136 valence electrons. The monoisotopic (exact) mass is 357 g/mol. The number of ether oxygens (including phenoxy) is 1. The molecule has 2 aliphatic carbocycles. The lowest BCUT2D eigenvalue weighted by molar-refractivity contribution is -0.0109. The van der Waals surface area contributed by atoms with Crippen molar-refractivity contribution in [2.45, 2.75) is 81.0 Å². The Morgan fingerprint density at radius 2 is 1.96 bits per heavy atom. The summed E-state index contributed by atoms with van der Waals surface area (Å²) in [5.74, 6) is 0. The van der Waals surface area contributed by atoms with Crippen molar-refractivity contribution in [3.63, 3.8) is 0 Å². The summed E-state index contributed by atoms with van der Waals surface area (Å²) in [5, 5.41) is -0.417. The average Bonchev–Trinajstić information content (AvgIpc) is 2.96. The van der Waals surface area contributed by atoms with Gasteiger partial charge in [-0.15, -0.1) is 0 Å². The third-order valence-electron chi connectivity index (χ3n) is 6.15. The van der Waals surface area contributed by atoms with Crippen LogP contribution in [0.15, 0.2) is 0 Å². The maximum atomic E-state index is 12.8. The van der Waals surface area contributed by atoms with Gasteiger partial charge in [0.05, 0.1) is 17.3 Å². The number of carbonyl (C=O) groups is 1. The van der Waals surface area contributed by atoms with Gasteiger partial charge in [0.2, 0.25) is 10.0 Å². The molecule has 4 atom stereocenters. The highest BCUT2D eigenvalue weighted by Gasteiger charge is 2.53. The van der Waals surface area contributed by atoms with Gasteiger partial charge in [-0.1, -0.05) is 0 Å². The van der Waals surface area contributed by atoms with Crippen molar-refractivity contribution in [3.8, 4) is 0 Å². The molecular weight excluding hydrogens is 330 g/mol. The van der Waals surface area contributed by atoms with E-state index >= 15 is 0 Å². The van der Waals surface area contributed by atoms with Gasteiger partial charge in [0.1, 0.15) is 6.23 Å². The zero-order valence-electron chi connectivity index (χ0n) is 14.4. The third kappa shape index (κ3) is 2.72. The molecule has 2 heterocycles. The molecule has 8 heteroatoms. The summed E-state index contributed by atoms with van der Waals surface area (Å²) in [6.45, 7) is 2.64. The third-order valence-corrected chi connectivity index (χ3v) is 8.24. The highest BCUT2D eigenvalue weighted by Crippen LogP contribution is 2.40. The Kier molecular flexibility index (Phi) is 3.85. The van der Waals surface area contributed by atoms with Gasteiger partial charge >= 0.3 is 6.03 Å². The van der Waals surface area contributed by atoms with Crippen LogP contribution in [0.2, 0.25) is 0 Å². The van der Waals surface area contributed by atoms with E-state index in [0.717, 1.165) is 32.1 Å². The van der Waals surface area contributed by atoms with E-state index in [2.05, 4.69) is 4.72 Å². The maximum absolute atomic E-state index is 12.8. The van der Waals surface area contributed by atoms with Gasteiger partial charge < -0.3 is 9.64 Å². The van der Waals surface area contributed by atoms with Crippen molar-refractivity contribution in [1.29, 1.82) is 0 Å². The molecule has 0 aromatic heterocycles. The number of likely N-dealkylation sites (N-methyl/N-ethyl adjacent to an activating group) is 1. The predicted molar refractivity (Wildman–Crippen MR) is 88.9 cm³/mol. The van der Waals surface area contributed by atoms with Gasteiger partial charge in [-0.2, -0.15) is 0 Å². The summed E-state index contributed by atoms with van der Waals surface area (Å²) in [4.78, 5) is 16.3. The summed E-state index contributed by atoms with van der Waals surface area (Å²) in [6.07, 6.45) is 5.29. The molecule has 0 aromatic carbocycles. The molecule has 4 aliphatic rings. The largest absolute Gasteiger partial charge is 0.358 e. The second kappa shape index (κ2) is 5.57. The quantitative estimate of drug-likeness (QED) is 0.821. The Labute approximate surface area is 143 Å². The molecule has 2 amide bonds. The topological polar surface area (TPSA) is 79.0 Å². The molecule has 2 aliphatic heterocycles. The molecule has 24 heavy (non-hydrogen) atoms. The number of hydrogen-bond donors (Lipinski definition) is 1. The van der Waals surface area contributed by atoms with E-state index in [9.17, 15) is 13.2 Å². The minimum Gasteiger partial charge on any atom is -0.358 e. The lowest BCUT2D eigenvalue weighted by Gasteiger charge is -2.37. The lowest BCUT2D eigenvalue weighted by atomic mass is 9.89. The first-order chi connectivity index (χ1) is 11.3. The van der Waals surface area contributed by atoms with E-state index in [1.807, 2.05) is 18.9 Å². The van der Waals surface area contributed by atoms with Crippen LogP contribution in [-0.2, 0) is 14.8 Å². The molecule has 4 unspecified atom stereocenters. The second-order valence-corrected chi connectivity index (χ2v) is 10.0. The van der Waals surface area contributed by atoms with Crippen molar-refractivity contribution >= 4 is 16.1 Å². The van der Waals surface area contributed by atoms with Crippen molar-refractivity contribution in [1.82, 2.24) is 14.5 Å². The zero-order chi connectivity index (χ0) is 17.1. The highest BCUT2D eigenvalue weighted by molar-refractivity contribution is 7.90. The van der Waals surface area contributed by atoms with E-state index in [0.29, 0.717) is 19.4 Å². The number of carbonyl (C=O) groups excluding carboxylic acids is 1. The minimum atomic E-state index is -3.35. The summed E-state index contributed by atoms with van der Waals surface area (Å²) >= 11 is 0. The Hall–Kier alpha value is -0.860. The van der Waals surface area contributed by atoms with Crippen LogP contribution in [-0.4, -0.2) is 67.0 Å². The van der Waals surface area contributed by atoms with Crippen molar-refractivity contribution < 1.29 is 17.9 Å². The molecule has 0 aromatic rings. The first kappa shape index (κ1) is 16.6. The summed E-state index contributed by atoms with van der Waals surface area (Å²) < 4.78 is 34.1. The van der Waals surface area contributed by atoms with Crippen LogP contribution in [0, 0.1) is 0 Å². The number of amides is 2. The van der Waals surface area contributed by atoms with E-state index in [4.69, 9.17) is 4.74 Å². The van der Waals surface area contributed by atoms with E-state index in [1.165, 1.54) is 0 Å². The molecule has 2 saturated carbocycles. The minimum absolute atomic E-state index is 0.0166. The molecule has 1 N–H and O–H groups in total. The Morgan fingerprint density at radius 1 is 1.21 bits per heavy atom. The van der Waals surface area contributed by atoms with Crippen molar-refractivity contribution in [2.75, 3.05) is 13.7 Å². The first-order valence-electron chi connectivity index (χ1n) is 9.00. The fourth-order valence-corrected chi connectivity index (χ4v) is 6.38. The molecule has 0 spiro atoms. The van der Waals surface area contributed by atoms with Crippen LogP contribution >= 0.6 is 0 Å². The number of rotatable bonds is 4. The van der Waals surface area contributed by atoms with E-state index in [-0.39, 0.29) is 29.9 Å². The van der Waals surface area contributed by atoms with Crippen LogP contribution in [0.1, 0.15) is 51.9 Å². The molecule has 4 fully saturated rings.